The maximum atomic E-state index is 11.3. The van der Waals surface area contributed by atoms with E-state index in [4.69, 9.17) is 4.74 Å². The molecule has 0 unspecified atom stereocenters. The molecule has 0 aromatic heterocycles. The Morgan fingerprint density at radius 2 is 1.62 bits per heavy atom. The van der Waals surface area contributed by atoms with Crippen molar-refractivity contribution in [1.29, 1.82) is 0 Å². The monoisotopic (exact) mass is 339 g/mol. The largest absolute Gasteiger partial charge is 0.377 e. The first-order chi connectivity index (χ1) is 9.86. The van der Waals surface area contributed by atoms with Crippen LogP contribution >= 0.6 is 0 Å². The summed E-state index contributed by atoms with van der Waals surface area (Å²) < 4.78 is 50.7. The van der Waals surface area contributed by atoms with Crippen molar-refractivity contribution in [2.45, 2.75) is 44.2 Å². The van der Waals surface area contributed by atoms with E-state index in [-0.39, 0.29) is 29.4 Å². The molecule has 0 radical (unpaired) electrons. The lowest BCUT2D eigenvalue weighted by Crippen LogP contribution is -2.30. The normalized spacial score (nSPS) is 30.7. The Hall–Kier alpha value is -0.180. The Labute approximate surface area is 127 Å². The summed E-state index contributed by atoms with van der Waals surface area (Å²) in [6.45, 7) is 1.44. The van der Waals surface area contributed by atoms with E-state index in [1.54, 1.807) is 0 Å². The molecule has 21 heavy (non-hydrogen) atoms. The summed E-state index contributed by atoms with van der Waals surface area (Å²) in [5.41, 5.74) is 0. The molecule has 1 N–H and O–H groups in total. The van der Waals surface area contributed by atoms with Crippen LogP contribution in [0.5, 0.6) is 0 Å². The lowest BCUT2D eigenvalue weighted by atomic mass is 10.2. The van der Waals surface area contributed by atoms with E-state index < -0.39 is 19.7 Å². The second-order valence-electron chi connectivity index (χ2n) is 6.01. The number of hydrogen-bond donors (Lipinski definition) is 1. The second-order valence-corrected chi connectivity index (χ2v) is 10.5. The van der Waals surface area contributed by atoms with Crippen LogP contribution in [0.1, 0.15) is 32.1 Å². The Morgan fingerprint density at radius 3 is 2.24 bits per heavy atom. The van der Waals surface area contributed by atoms with Crippen molar-refractivity contribution < 1.29 is 21.6 Å². The second kappa shape index (κ2) is 7.39. The lowest BCUT2D eigenvalue weighted by Gasteiger charge is -2.11. The van der Waals surface area contributed by atoms with Crippen LogP contribution in [0.25, 0.3) is 0 Å². The first kappa shape index (κ1) is 17.2. The van der Waals surface area contributed by atoms with Gasteiger partial charge in [0, 0.05) is 12.6 Å². The molecule has 0 aromatic carbocycles. The van der Waals surface area contributed by atoms with Crippen LogP contribution in [0.3, 0.4) is 0 Å². The highest BCUT2D eigenvalue weighted by molar-refractivity contribution is 7.91. The van der Waals surface area contributed by atoms with Crippen LogP contribution in [0.15, 0.2) is 0 Å². The minimum absolute atomic E-state index is 0.114. The van der Waals surface area contributed by atoms with Crippen LogP contribution in [0.4, 0.5) is 0 Å². The number of nitrogens with one attached hydrogen (secondary N) is 1. The number of sulfone groups is 2. The van der Waals surface area contributed by atoms with Crippen molar-refractivity contribution in [2.75, 3.05) is 36.2 Å². The van der Waals surface area contributed by atoms with Crippen molar-refractivity contribution >= 4 is 19.7 Å². The minimum Gasteiger partial charge on any atom is -0.377 e. The SMILES string of the molecule is O=S1(=O)CC[C@@H](NCCCCCO[C@@H]2CCS(=O)(=O)C2)C1. The van der Waals surface area contributed by atoms with Crippen molar-refractivity contribution in [1.82, 2.24) is 5.32 Å². The standard InChI is InChI=1S/C13H25NO5S2/c15-20(16)8-4-12(10-20)14-6-2-1-3-7-19-13-5-9-21(17,18)11-13/h12-14H,1-11H2/t12-,13-/m1/s1. The van der Waals surface area contributed by atoms with Gasteiger partial charge in [-0.15, -0.1) is 0 Å². The molecule has 124 valence electrons. The molecular weight excluding hydrogens is 314 g/mol. The molecule has 0 saturated carbocycles. The summed E-state index contributed by atoms with van der Waals surface area (Å²) >= 11 is 0. The molecule has 2 aliphatic heterocycles. The quantitative estimate of drug-likeness (QED) is 0.633. The molecule has 0 bridgehead atoms. The Kier molecular flexibility index (Phi) is 6.05. The van der Waals surface area contributed by atoms with Crippen LogP contribution in [-0.4, -0.2) is 65.1 Å². The molecule has 2 fully saturated rings. The number of unbranched alkanes of at least 4 members (excludes halogenated alkanes) is 2. The summed E-state index contributed by atoms with van der Waals surface area (Å²) in [6, 6.07) is 0.120. The molecule has 2 heterocycles. The van der Waals surface area contributed by atoms with Gasteiger partial charge in [-0.2, -0.15) is 0 Å². The smallest absolute Gasteiger partial charge is 0.152 e. The van der Waals surface area contributed by atoms with E-state index in [2.05, 4.69) is 5.32 Å². The molecular formula is C13H25NO5S2. The highest BCUT2D eigenvalue weighted by atomic mass is 32.2. The van der Waals surface area contributed by atoms with Gasteiger partial charge in [-0.05, 0) is 38.6 Å². The highest BCUT2D eigenvalue weighted by Crippen LogP contribution is 2.15. The zero-order valence-corrected chi connectivity index (χ0v) is 13.9. The van der Waals surface area contributed by atoms with Crippen LogP contribution in [-0.2, 0) is 24.4 Å². The fourth-order valence-electron chi connectivity index (χ4n) is 2.81. The van der Waals surface area contributed by atoms with Gasteiger partial charge in [-0.3, -0.25) is 0 Å². The number of rotatable bonds is 8. The van der Waals surface area contributed by atoms with Crippen LogP contribution in [0, 0.1) is 0 Å². The predicted molar refractivity (Wildman–Crippen MR) is 81.9 cm³/mol. The third-order valence-electron chi connectivity index (χ3n) is 4.03. The van der Waals surface area contributed by atoms with Gasteiger partial charge in [0.15, 0.2) is 19.7 Å². The van der Waals surface area contributed by atoms with E-state index >= 15 is 0 Å². The Bertz CT molecular complexity index is 481. The fourth-order valence-corrected chi connectivity index (χ4v) is 6.13. The first-order valence-electron chi connectivity index (χ1n) is 7.62. The third kappa shape index (κ3) is 6.22. The summed E-state index contributed by atoms with van der Waals surface area (Å²) in [7, 11) is -5.65. The summed E-state index contributed by atoms with van der Waals surface area (Å²) in [5.74, 6) is 1.01. The van der Waals surface area contributed by atoms with Crippen molar-refractivity contribution in [3.05, 3.63) is 0 Å². The Balaban J connectivity index is 1.44. The molecule has 2 saturated heterocycles. The van der Waals surface area contributed by atoms with E-state index in [9.17, 15) is 16.8 Å². The van der Waals surface area contributed by atoms with Gasteiger partial charge in [-0.25, -0.2) is 16.8 Å². The summed E-state index contributed by atoms with van der Waals surface area (Å²) in [5, 5.41) is 3.28. The van der Waals surface area contributed by atoms with Crippen LogP contribution in [0.2, 0.25) is 0 Å². The van der Waals surface area contributed by atoms with Crippen molar-refractivity contribution in [2.24, 2.45) is 0 Å². The van der Waals surface area contributed by atoms with E-state index in [0.29, 0.717) is 18.8 Å². The third-order valence-corrected chi connectivity index (χ3v) is 7.54. The average molecular weight is 339 g/mol. The van der Waals surface area contributed by atoms with Gasteiger partial charge in [0.05, 0.1) is 29.1 Å². The molecule has 8 heteroatoms. The zero-order valence-electron chi connectivity index (χ0n) is 12.3. The number of ether oxygens (including phenoxy) is 1. The summed E-state index contributed by atoms with van der Waals surface area (Å²) in [4.78, 5) is 0. The molecule has 0 amide bonds. The van der Waals surface area contributed by atoms with Gasteiger partial charge in [0.2, 0.25) is 0 Å². The van der Waals surface area contributed by atoms with Gasteiger partial charge in [0.1, 0.15) is 0 Å². The topological polar surface area (TPSA) is 89.5 Å². The molecule has 2 atom stereocenters. The van der Waals surface area contributed by atoms with E-state index in [1.807, 2.05) is 0 Å². The Morgan fingerprint density at radius 1 is 0.905 bits per heavy atom. The lowest BCUT2D eigenvalue weighted by molar-refractivity contribution is 0.0680. The average Bonchev–Trinajstić information content (AvgIpc) is 2.90. The van der Waals surface area contributed by atoms with Crippen molar-refractivity contribution in [3.63, 3.8) is 0 Å². The first-order valence-corrected chi connectivity index (χ1v) is 11.3. The molecule has 2 rings (SSSR count). The minimum atomic E-state index is -2.85. The predicted octanol–water partition coefficient (Wildman–Crippen LogP) is 0.137. The summed E-state index contributed by atoms with van der Waals surface area (Å²) in [6.07, 6.45) is 4.15. The van der Waals surface area contributed by atoms with E-state index in [0.717, 1.165) is 32.2 Å². The van der Waals surface area contributed by atoms with Gasteiger partial charge in [0.25, 0.3) is 0 Å². The van der Waals surface area contributed by atoms with Gasteiger partial charge < -0.3 is 10.1 Å². The fraction of sp³-hybridized carbons (Fsp3) is 1.00. The zero-order chi connectivity index (χ0) is 15.3. The molecule has 2 aliphatic rings. The molecule has 0 aromatic rings. The van der Waals surface area contributed by atoms with Gasteiger partial charge >= 0.3 is 0 Å². The highest BCUT2D eigenvalue weighted by Gasteiger charge is 2.28. The van der Waals surface area contributed by atoms with E-state index in [1.165, 1.54) is 0 Å². The maximum absolute atomic E-state index is 11.3. The molecule has 0 aliphatic carbocycles. The van der Waals surface area contributed by atoms with Gasteiger partial charge in [-0.1, -0.05) is 0 Å². The van der Waals surface area contributed by atoms with Crippen molar-refractivity contribution in [3.8, 4) is 0 Å². The van der Waals surface area contributed by atoms with Crippen LogP contribution < -0.4 is 5.32 Å². The molecule has 0 spiro atoms. The molecule has 6 nitrogen and oxygen atoms in total. The number of hydrogen-bond acceptors (Lipinski definition) is 6. The maximum Gasteiger partial charge on any atom is 0.152 e.